The maximum absolute atomic E-state index is 14.3. The number of hydrogen-bond donors (Lipinski definition) is 0. The fraction of sp³-hybridized carbons (Fsp3) is 0.361. The molecule has 0 aromatic heterocycles. The first-order chi connectivity index (χ1) is 34.5. The lowest BCUT2D eigenvalue weighted by Gasteiger charge is -2.37. The van der Waals surface area contributed by atoms with E-state index in [0.717, 1.165) is 24.3 Å². The van der Waals surface area contributed by atoms with E-state index in [9.17, 15) is 23.2 Å². The summed E-state index contributed by atoms with van der Waals surface area (Å²) in [5.41, 5.74) is 4.44. The van der Waals surface area contributed by atoms with Gasteiger partial charge in [0.05, 0.1) is 23.3 Å². The van der Waals surface area contributed by atoms with E-state index in [4.69, 9.17) is 23.7 Å². The Kier molecular flexibility index (Phi) is 15.4. The Labute approximate surface area is 415 Å². The number of hydrogen-bond acceptors (Lipinski definition) is 8. The molecule has 0 saturated heterocycles. The van der Waals surface area contributed by atoms with Gasteiger partial charge in [0.2, 0.25) is 0 Å². The number of carbonyl (C=O) groups is 3. The molecule has 71 heavy (non-hydrogen) atoms. The number of halogens is 2. The van der Waals surface area contributed by atoms with Crippen molar-refractivity contribution in [2.45, 2.75) is 114 Å². The molecule has 1 heterocycles. The number of carbonyl (C=O) groups excluding carboxylic acids is 3. The molecule has 0 radical (unpaired) electrons. The fourth-order valence-electron chi connectivity index (χ4n) is 10.9. The number of fused-ring (bicyclic) bond motifs is 3. The summed E-state index contributed by atoms with van der Waals surface area (Å²) in [7, 11) is 1.52. The van der Waals surface area contributed by atoms with Crippen LogP contribution in [0.5, 0.6) is 11.5 Å². The van der Waals surface area contributed by atoms with Crippen molar-refractivity contribution in [1.29, 1.82) is 0 Å². The molecule has 2 saturated carbocycles. The van der Waals surface area contributed by atoms with E-state index < -0.39 is 29.2 Å². The summed E-state index contributed by atoms with van der Waals surface area (Å²) in [5.74, 6) is 0.211. The zero-order chi connectivity index (χ0) is 49.5. The zero-order valence-electron chi connectivity index (χ0n) is 40.9. The highest BCUT2D eigenvalue weighted by atomic mass is 19.1. The second-order valence-corrected chi connectivity index (χ2v) is 19.5. The van der Waals surface area contributed by atoms with E-state index in [1.807, 2.05) is 36.4 Å². The van der Waals surface area contributed by atoms with Crippen LogP contribution in [0.4, 0.5) is 8.78 Å². The predicted molar refractivity (Wildman–Crippen MR) is 271 cm³/mol. The van der Waals surface area contributed by atoms with Crippen molar-refractivity contribution in [3.05, 3.63) is 183 Å². The molecule has 0 amide bonds. The van der Waals surface area contributed by atoms with Crippen molar-refractivity contribution in [3.63, 3.8) is 0 Å². The van der Waals surface area contributed by atoms with Crippen LogP contribution in [0.1, 0.15) is 160 Å². The molecule has 0 bridgehead atoms. The Morgan fingerprint density at radius 1 is 0.648 bits per heavy atom. The molecule has 9 rings (SSSR count). The van der Waals surface area contributed by atoms with Crippen LogP contribution in [0.15, 0.2) is 121 Å². The number of aryl methyl sites for hydroxylation is 1. The predicted octanol–water partition coefficient (Wildman–Crippen LogP) is 14.5. The zero-order valence-corrected chi connectivity index (χ0v) is 40.9. The molecular weight excluding hydrogens is 899 g/mol. The van der Waals surface area contributed by atoms with Crippen LogP contribution in [0.25, 0.3) is 16.8 Å². The van der Waals surface area contributed by atoms with Crippen molar-refractivity contribution < 1.29 is 46.8 Å². The Hall–Kier alpha value is -6.65. The van der Waals surface area contributed by atoms with Crippen molar-refractivity contribution in [1.82, 2.24) is 0 Å². The van der Waals surface area contributed by atoms with Crippen LogP contribution in [-0.4, -0.2) is 44.3 Å². The SMILES string of the molecule is CCCCCC1CCC(c2ccc(C(=O)Oc3ccc(C4CCC(OC(=O)c5ccc6c7c(c(C(=O)OCCOC)c(C)c6c5)C=CC(c5ccc(F)cc5)(c5ccc(F)cc5)O7)CC4)cc3)cc2)CC1. The molecule has 6 aromatic rings. The highest BCUT2D eigenvalue weighted by Crippen LogP contribution is 2.48. The molecule has 368 valence electrons. The first-order valence-electron chi connectivity index (χ1n) is 25.3. The highest BCUT2D eigenvalue weighted by Gasteiger charge is 2.40. The summed E-state index contributed by atoms with van der Waals surface area (Å²) < 4.78 is 58.2. The normalized spacial score (nSPS) is 19.3. The molecule has 0 atom stereocenters. The van der Waals surface area contributed by atoms with Gasteiger partial charge in [0, 0.05) is 29.2 Å². The van der Waals surface area contributed by atoms with Gasteiger partial charge in [0.1, 0.15) is 35.8 Å². The van der Waals surface area contributed by atoms with Gasteiger partial charge in [-0.05, 0) is 177 Å². The van der Waals surface area contributed by atoms with Crippen LogP contribution in [0.3, 0.4) is 0 Å². The minimum Gasteiger partial charge on any atom is -0.472 e. The van der Waals surface area contributed by atoms with Gasteiger partial charge >= 0.3 is 17.9 Å². The third-order valence-corrected chi connectivity index (χ3v) is 15.0. The lowest BCUT2D eigenvalue weighted by Crippen LogP contribution is -2.35. The number of benzene rings is 6. The topological polar surface area (TPSA) is 97.4 Å². The molecule has 0 N–H and O–H groups in total. The molecule has 8 nitrogen and oxygen atoms in total. The van der Waals surface area contributed by atoms with Gasteiger partial charge in [-0.1, -0.05) is 81.1 Å². The van der Waals surface area contributed by atoms with E-state index in [0.29, 0.717) is 74.4 Å². The van der Waals surface area contributed by atoms with Gasteiger partial charge in [-0.15, -0.1) is 0 Å². The number of rotatable bonds is 16. The monoisotopic (exact) mass is 960 g/mol. The van der Waals surface area contributed by atoms with Gasteiger partial charge < -0.3 is 23.7 Å². The van der Waals surface area contributed by atoms with Crippen LogP contribution in [0, 0.1) is 24.5 Å². The van der Waals surface area contributed by atoms with E-state index >= 15 is 0 Å². The smallest absolute Gasteiger partial charge is 0.343 e. The fourth-order valence-corrected chi connectivity index (χ4v) is 10.9. The lowest BCUT2D eigenvalue weighted by atomic mass is 9.77. The second kappa shape index (κ2) is 22.2. The Morgan fingerprint density at radius 3 is 1.85 bits per heavy atom. The van der Waals surface area contributed by atoms with Crippen molar-refractivity contribution in [3.8, 4) is 11.5 Å². The maximum Gasteiger partial charge on any atom is 0.343 e. The van der Waals surface area contributed by atoms with Crippen molar-refractivity contribution >= 4 is 34.8 Å². The quantitative estimate of drug-likeness (QED) is 0.0537. The van der Waals surface area contributed by atoms with E-state index in [-0.39, 0.29) is 36.8 Å². The van der Waals surface area contributed by atoms with Crippen molar-refractivity contribution in [2.75, 3.05) is 20.3 Å². The summed E-state index contributed by atoms with van der Waals surface area (Å²) in [6.07, 6.45) is 16.6. The number of esters is 3. The number of unbranched alkanes of at least 4 members (excludes halogenated alkanes) is 2. The Morgan fingerprint density at radius 2 is 1.24 bits per heavy atom. The Bertz CT molecular complexity index is 2810. The van der Waals surface area contributed by atoms with Crippen molar-refractivity contribution in [2.24, 2.45) is 5.92 Å². The number of methoxy groups -OCH3 is 1. The van der Waals surface area contributed by atoms with E-state index in [1.165, 1.54) is 88.3 Å². The van der Waals surface area contributed by atoms with Crippen LogP contribution in [-0.2, 0) is 19.8 Å². The summed E-state index contributed by atoms with van der Waals surface area (Å²) in [4.78, 5) is 40.9. The molecular formula is C61H62F2O8. The third kappa shape index (κ3) is 11.0. The molecule has 0 spiro atoms. The first kappa shape index (κ1) is 49.3. The van der Waals surface area contributed by atoms with Gasteiger partial charge in [0.15, 0.2) is 5.60 Å². The van der Waals surface area contributed by atoms with Crippen LogP contribution >= 0.6 is 0 Å². The minimum absolute atomic E-state index is 0.0198. The molecule has 2 fully saturated rings. The summed E-state index contributed by atoms with van der Waals surface area (Å²) in [5, 5.41) is 1.20. The first-order valence-corrected chi connectivity index (χ1v) is 25.3. The molecule has 3 aliphatic rings. The minimum atomic E-state index is -1.33. The second-order valence-electron chi connectivity index (χ2n) is 19.5. The standard InChI is InChI=1S/C61H62F2O8/c1-4-5-6-7-40-8-10-41(11-9-40)42-12-14-45(15-13-42)58(64)69-51-29-16-43(17-30-51)44-18-31-52(32-19-44)70-59(65)46-20-33-53-55(38-46)39(2)56(60(66)68-37-36-67-3)54-34-35-61(71-57(53)54,47-21-25-49(62)26-22-47)48-23-27-50(63)28-24-48/h12-17,20-30,33-35,38,40-41,44,52H,4-11,18-19,31-32,36-37H2,1-3H3. The van der Waals surface area contributed by atoms with Crippen LogP contribution in [0.2, 0.25) is 0 Å². The molecule has 6 aromatic carbocycles. The van der Waals surface area contributed by atoms with Gasteiger partial charge in [-0.25, -0.2) is 23.2 Å². The van der Waals surface area contributed by atoms with Gasteiger partial charge in [-0.3, -0.25) is 0 Å². The average molecular weight is 961 g/mol. The van der Waals surface area contributed by atoms with Gasteiger partial charge in [-0.2, -0.15) is 0 Å². The highest BCUT2D eigenvalue weighted by molar-refractivity contribution is 6.08. The van der Waals surface area contributed by atoms with Gasteiger partial charge in [0.25, 0.3) is 0 Å². The average Bonchev–Trinajstić information content (AvgIpc) is 3.40. The lowest BCUT2D eigenvalue weighted by molar-refractivity contribution is 0.0195. The Balaban J connectivity index is 0.855. The molecule has 0 unspecified atom stereocenters. The summed E-state index contributed by atoms with van der Waals surface area (Å²) >= 11 is 0. The summed E-state index contributed by atoms with van der Waals surface area (Å²) in [6.45, 7) is 4.28. The largest absolute Gasteiger partial charge is 0.472 e. The molecule has 2 aliphatic carbocycles. The summed E-state index contributed by atoms with van der Waals surface area (Å²) in [6, 6.07) is 32.7. The van der Waals surface area contributed by atoms with Crippen LogP contribution < -0.4 is 9.47 Å². The van der Waals surface area contributed by atoms with E-state index in [1.54, 1.807) is 61.5 Å². The molecule has 10 heteroatoms. The number of ether oxygens (including phenoxy) is 5. The third-order valence-electron chi connectivity index (χ3n) is 15.0. The van der Waals surface area contributed by atoms with E-state index in [2.05, 4.69) is 19.1 Å². The maximum atomic E-state index is 14.3. The molecule has 1 aliphatic heterocycles.